The number of rotatable bonds is 5. The summed E-state index contributed by atoms with van der Waals surface area (Å²) >= 11 is 0. The highest BCUT2D eigenvalue weighted by molar-refractivity contribution is 5.83. The molecule has 98 valence electrons. The third-order valence-corrected chi connectivity index (χ3v) is 3.37. The van der Waals surface area contributed by atoms with Crippen molar-refractivity contribution in [3.8, 4) is 0 Å². The molecule has 2 heterocycles. The van der Waals surface area contributed by atoms with Crippen LogP contribution in [0.15, 0.2) is 36.7 Å². The maximum atomic E-state index is 4.25. The Morgan fingerprint density at radius 1 is 1.26 bits per heavy atom. The Morgan fingerprint density at radius 2 is 2.16 bits per heavy atom. The van der Waals surface area contributed by atoms with Gasteiger partial charge in [-0.25, -0.2) is 0 Å². The highest BCUT2D eigenvalue weighted by Crippen LogP contribution is 2.19. The molecule has 0 saturated heterocycles. The second-order valence-corrected chi connectivity index (χ2v) is 4.86. The van der Waals surface area contributed by atoms with Gasteiger partial charge in [0.2, 0.25) is 0 Å². The monoisotopic (exact) mass is 254 g/mol. The lowest BCUT2D eigenvalue weighted by molar-refractivity contribution is 0.553. The van der Waals surface area contributed by atoms with Gasteiger partial charge in [-0.1, -0.05) is 36.8 Å². The number of H-pyrrole nitrogens is 1. The molecule has 0 radical (unpaired) electrons. The van der Waals surface area contributed by atoms with Crippen LogP contribution in [0, 0.1) is 0 Å². The minimum atomic E-state index is 0.830. The van der Waals surface area contributed by atoms with E-state index in [1.165, 1.54) is 22.9 Å². The Morgan fingerprint density at radius 3 is 3.05 bits per heavy atom. The molecule has 0 bridgehead atoms. The first-order chi connectivity index (χ1) is 9.36. The number of nitrogens with zero attached hydrogens (tertiary/aromatic N) is 3. The first kappa shape index (κ1) is 12.0. The third-order valence-electron chi connectivity index (χ3n) is 3.37. The van der Waals surface area contributed by atoms with Gasteiger partial charge in [-0.15, -0.1) is 5.10 Å². The SMILES string of the molecule is CCCCn1cc(Cc2c[nH]c3ccccc23)nn1. The second-order valence-electron chi connectivity index (χ2n) is 4.86. The van der Waals surface area contributed by atoms with Gasteiger partial charge in [-0.3, -0.25) is 4.68 Å². The molecular weight excluding hydrogens is 236 g/mol. The van der Waals surface area contributed by atoms with Crippen LogP contribution in [0.1, 0.15) is 31.0 Å². The van der Waals surface area contributed by atoms with Crippen molar-refractivity contribution < 1.29 is 0 Å². The molecule has 0 atom stereocenters. The fourth-order valence-corrected chi connectivity index (χ4v) is 2.32. The number of nitrogens with one attached hydrogen (secondary N) is 1. The Balaban J connectivity index is 1.79. The van der Waals surface area contributed by atoms with Gasteiger partial charge in [-0.2, -0.15) is 0 Å². The molecular formula is C15H18N4. The Labute approximate surface area is 112 Å². The Bertz CT molecular complexity index is 665. The first-order valence-electron chi connectivity index (χ1n) is 6.81. The number of aromatic amines is 1. The molecule has 2 aromatic heterocycles. The van der Waals surface area contributed by atoms with E-state index < -0.39 is 0 Å². The van der Waals surface area contributed by atoms with Crippen molar-refractivity contribution in [2.24, 2.45) is 0 Å². The van der Waals surface area contributed by atoms with Crippen molar-refractivity contribution in [3.63, 3.8) is 0 Å². The topological polar surface area (TPSA) is 46.5 Å². The first-order valence-corrected chi connectivity index (χ1v) is 6.81. The van der Waals surface area contributed by atoms with Gasteiger partial charge >= 0.3 is 0 Å². The summed E-state index contributed by atoms with van der Waals surface area (Å²) < 4.78 is 1.94. The summed E-state index contributed by atoms with van der Waals surface area (Å²) in [4.78, 5) is 3.29. The predicted octanol–water partition coefficient (Wildman–Crippen LogP) is 3.15. The van der Waals surface area contributed by atoms with Gasteiger partial charge < -0.3 is 4.98 Å². The van der Waals surface area contributed by atoms with Crippen molar-refractivity contribution >= 4 is 10.9 Å². The van der Waals surface area contributed by atoms with E-state index in [9.17, 15) is 0 Å². The van der Waals surface area contributed by atoms with E-state index in [2.05, 4.69) is 52.8 Å². The lowest BCUT2D eigenvalue weighted by Gasteiger charge is -1.96. The molecule has 4 nitrogen and oxygen atoms in total. The van der Waals surface area contributed by atoms with Crippen LogP contribution in [0.2, 0.25) is 0 Å². The van der Waals surface area contributed by atoms with Gasteiger partial charge in [-0.05, 0) is 18.1 Å². The Kier molecular flexibility index (Phi) is 3.31. The quantitative estimate of drug-likeness (QED) is 0.760. The molecule has 1 N–H and O–H groups in total. The number of benzene rings is 1. The fourth-order valence-electron chi connectivity index (χ4n) is 2.32. The van der Waals surface area contributed by atoms with Crippen LogP contribution in [0.3, 0.4) is 0 Å². The van der Waals surface area contributed by atoms with Crippen LogP contribution in [0.5, 0.6) is 0 Å². The van der Waals surface area contributed by atoms with Crippen molar-refractivity contribution in [2.45, 2.75) is 32.7 Å². The van der Waals surface area contributed by atoms with Crippen LogP contribution in [-0.2, 0) is 13.0 Å². The third kappa shape index (κ3) is 2.52. The molecule has 0 fully saturated rings. The zero-order valence-electron chi connectivity index (χ0n) is 11.1. The number of para-hydroxylation sites is 1. The Hall–Kier alpha value is -2.10. The predicted molar refractivity (Wildman–Crippen MR) is 76.0 cm³/mol. The smallest absolute Gasteiger partial charge is 0.0871 e. The van der Waals surface area contributed by atoms with Gasteiger partial charge in [0.25, 0.3) is 0 Å². The van der Waals surface area contributed by atoms with E-state index in [1.54, 1.807) is 0 Å². The number of aromatic nitrogens is 4. The van der Waals surface area contributed by atoms with E-state index >= 15 is 0 Å². The van der Waals surface area contributed by atoms with Gasteiger partial charge in [0.1, 0.15) is 0 Å². The molecule has 0 aliphatic carbocycles. The number of hydrogen-bond donors (Lipinski definition) is 1. The average molecular weight is 254 g/mol. The lowest BCUT2D eigenvalue weighted by Crippen LogP contribution is -1.97. The molecule has 0 amide bonds. The number of hydrogen-bond acceptors (Lipinski definition) is 2. The molecule has 19 heavy (non-hydrogen) atoms. The van der Waals surface area contributed by atoms with Gasteiger partial charge in [0.05, 0.1) is 5.69 Å². The van der Waals surface area contributed by atoms with Crippen molar-refractivity contribution in [1.29, 1.82) is 0 Å². The lowest BCUT2D eigenvalue weighted by atomic mass is 10.1. The summed E-state index contributed by atoms with van der Waals surface area (Å²) in [5.41, 5.74) is 3.48. The van der Waals surface area contributed by atoms with Crippen LogP contribution in [-0.4, -0.2) is 20.0 Å². The van der Waals surface area contributed by atoms with Crippen LogP contribution >= 0.6 is 0 Å². The van der Waals surface area contributed by atoms with Crippen molar-refractivity contribution in [3.05, 3.63) is 47.9 Å². The standard InChI is InChI=1S/C15H18N4/c1-2-3-8-19-11-13(17-18-19)9-12-10-16-15-7-5-4-6-14(12)15/h4-7,10-11,16H,2-3,8-9H2,1H3. The van der Waals surface area contributed by atoms with E-state index in [4.69, 9.17) is 0 Å². The molecule has 0 aliphatic rings. The average Bonchev–Trinajstić information content (AvgIpc) is 3.05. The molecule has 0 aliphatic heterocycles. The normalized spacial score (nSPS) is 11.2. The zero-order valence-corrected chi connectivity index (χ0v) is 11.1. The van der Waals surface area contributed by atoms with Crippen LogP contribution in [0.4, 0.5) is 0 Å². The summed E-state index contributed by atoms with van der Waals surface area (Å²) in [6, 6.07) is 8.35. The number of fused-ring (bicyclic) bond motifs is 1. The van der Waals surface area contributed by atoms with E-state index in [-0.39, 0.29) is 0 Å². The van der Waals surface area contributed by atoms with Crippen LogP contribution < -0.4 is 0 Å². The second kappa shape index (κ2) is 5.26. The highest BCUT2D eigenvalue weighted by atomic mass is 15.4. The van der Waals surface area contributed by atoms with Gasteiger partial charge in [0.15, 0.2) is 0 Å². The highest BCUT2D eigenvalue weighted by Gasteiger charge is 2.06. The van der Waals surface area contributed by atoms with Gasteiger partial charge in [0, 0.05) is 36.3 Å². The van der Waals surface area contributed by atoms with E-state index in [0.717, 1.165) is 25.1 Å². The molecule has 1 aromatic carbocycles. The number of unbranched alkanes of at least 4 members (excludes halogenated alkanes) is 1. The molecule has 4 heteroatoms. The van der Waals surface area contributed by atoms with Crippen LogP contribution in [0.25, 0.3) is 10.9 Å². The van der Waals surface area contributed by atoms with E-state index in [0.29, 0.717) is 0 Å². The fraction of sp³-hybridized carbons (Fsp3) is 0.333. The summed E-state index contributed by atoms with van der Waals surface area (Å²) in [6.45, 7) is 3.14. The van der Waals surface area contributed by atoms with Crippen molar-refractivity contribution in [1.82, 2.24) is 20.0 Å². The zero-order chi connectivity index (χ0) is 13.1. The summed E-state index contributed by atoms with van der Waals surface area (Å²) in [7, 11) is 0. The molecule has 3 aromatic rings. The minimum Gasteiger partial charge on any atom is -0.361 e. The molecule has 3 rings (SSSR count). The molecule has 0 spiro atoms. The molecule has 0 saturated carbocycles. The summed E-state index contributed by atoms with van der Waals surface area (Å²) in [5, 5.41) is 9.69. The van der Waals surface area contributed by atoms with Crippen molar-refractivity contribution in [2.75, 3.05) is 0 Å². The minimum absolute atomic E-state index is 0.830. The maximum Gasteiger partial charge on any atom is 0.0871 e. The molecule has 0 unspecified atom stereocenters. The largest absolute Gasteiger partial charge is 0.361 e. The summed E-state index contributed by atoms with van der Waals surface area (Å²) in [6.07, 6.45) is 7.27. The summed E-state index contributed by atoms with van der Waals surface area (Å²) in [5.74, 6) is 0. The van der Waals surface area contributed by atoms with E-state index in [1.807, 2.05) is 10.7 Å². The maximum absolute atomic E-state index is 4.25. The number of aryl methyl sites for hydroxylation is 1.